The van der Waals surface area contributed by atoms with E-state index in [0.29, 0.717) is 5.92 Å². The lowest BCUT2D eigenvalue weighted by Gasteiger charge is -2.24. The second kappa shape index (κ2) is 6.94. The van der Waals surface area contributed by atoms with E-state index >= 15 is 0 Å². The summed E-state index contributed by atoms with van der Waals surface area (Å²) < 4.78 is 5.70. The van der Waals surface area contributed by atoms with Gasteiger partial charge in [-0.05, 0) is 64.1 Å². The number of rotatable bonds is 5. The van der Waals surface area contributed by atoms with Crippen LogP contribution in [0.3, 0.4) is 0 Å². The number of hydrogen-bond acceptors (Lipinski definition) is 2. The average Bonchev–Trinajstić information content (AvgIpc) is 2.41. The average molecular weight is 273 g/mol. The van der Waals surface area contributed by atoms with Crippen molar-refractivity contribution in [2.75, 3.05) is 13.2 Å². The van der Waals surface area contributed by atoms with Crippen LogP contribution < -0.4 is 10.1 Å². The van der Waals surface area contributed by atoms with Crippen LogP contribution in [0, 0.1) is 0 Å². The molecule has 0 aliphatic carbocycles. The van der Waals surface area contributed by atoms with E-state index in [1.165, 1.54) is 5.56 Å². The van der Waals surface area contributed by atoms with E-state index in [1.54, 1.807) is 0 Å². The predicted molar refractivity (Wildman–Crippen MR) is 85.4 cm³/mol. The maximum Gasteiger partial charge on any atom is 0.122 e. The van der Waals surface area contributed by atoms with Crippen LogP contribution in [0.15, 0.2) is 36.4 Å². The quantitative estimate of drug-likeness (QED) is 0.639. The Morgan fingerprint density at radius 3 is 2.85 bits per heavy atom. The maximum absolute atomic E-state index is 5.70. The van der Waals surface area contributed by atoms with Crippen LogP contribution in [-0.4, -0.2) is 18.7 Å². The summed E-state index contributed by atoms with van der Waals surface area (Å²) in [5.74, 6) is 1.69. The van der Waals surface area contributed by atoms with Crippen molar-refractivity contribution < 1.29 is 4.74 Å². The molecule has 2 heteroatoms. The van der Waals surface area contributed by atoms with Gasteiger partial charge in [0.1, 0.15) is 5.75 Å². The zero-order valence-electron chi connectivity index (χ0n) is 13.0. The minimum absolute atomic E-state index is 0.216. The lowest BCUT2D eigenvalue weighted by molar-refractivity contribution is 0.267. The van der Waals surface area contributed by atoms with E-state index in [9.17, 15) is 0 Å². The SMILES string of the molecule is CC(C)(C)NCC/C=C/CC1CCOc2ccccc21. The molecule has 0 aromatic heterocycles. The molecule has 2 rings (SSSR count). The third kappa shape index (κ3) is 4.68. The number of ether oxygens (including phenoxy) is 1. The highest BCUT2D eigenvalue weighted by Crippen LogP contribution is 2.35. The van der Waals surface area contributed by atoms with Gasteiger partial charge in [0, 0.05) is 5.54 Å². The fourth-order valence-electron chi connectivity index (χ4n) is 2.57. The first-order valence-corrected chi connectivity index (χ1v) is 7.68. The van der Waals surface area contributed by atoms with Gasteiger partial charge in [-0.3, -0.25) is 0 Å². The summed E-state index contributed by atoms with van der Waals surface area (Å²) >= 11 is 0. The molecule has 0 fully saturated rings. The molecule has 1 aliphatic rings. The van der Waals surface area contributed by atoms with Crippen LogP contribution in [0.2, 0.25) is 0 Å². The van der Waals surface area contributed by atoms with Crippen molar-refractivity contribution in [3.05, 3.63) is 42.0 Å². The third-order valence-electron chi connectivity index (χ3n) is 3.64. The Morgan fingerprint density at radius 2 is 2.05 bits per heavy atom. The second-order valence-corrected chi connectivity index (χ2v) is 6.54. The fourth-order valence-corrected chi connectivity index (χ4v) is 2.57. The lowest BCUT2D eigenvalue weighted by atomic mass is 9.90. The smallest absolute Gasteiger partial charge is 0.122 e. The molecule has 20 heavy (non-hydrogen) atoms. The van der Waals surface area contributed by atoms with E-state index in [0.717, 1.165) is 38.2 Å². The molecular weight excluding hydrogens is 246 g/mol. The first-order valence-electron chi connectivity index (χ1n) is 7.68. The Hall–Kier alpha value is -1.28. The van der Waals surface area contributed by atoms with Gasteiger partial charge in [0.25, 0.3) is 0 Å². The van der Waals surface area contributed by atoms with Gasteiger partial charge in [0.05, 0.1) is 6.61 Å². The van der Waals surface area contributed by atoms with Gasteiger partial charge in [0.2, 0.25) is 0 Å². The molecule has 1 N–H and O–H groups in total. The summed E-state index contributed by atoms with van der Waals surface area (Å²) in [6.45, 7) is 8.51. The number of benzene rings is 1. The summed E-state index contributed by atoms with van der Waals surface area (Å²) in [5, 5.41) is 3.50. The highest BCUT2D eigenvalue weighted by molar-refractivity contribution is 5.38. The zero-order chi connectivity index (χ0) is 14.4. The standard InChI is InChI=1S/C18H27NO/c1-18(2,3)19-13-8-4-5-9-15-12-14-20-17-11-7-6-10-16(15)17/h4-7,10-11,15,19H,8-9,12-14H2,1-3H3/b5-4+. The van der Waals surface area contributed by atoms with Gasteiger partial charge in [-0.15, -0.1) is 0 Å². The molecule has 0 spiro atoms. The number of para-hydroxylation sites is 1. The Bertz CT molecular complexity index is 445. The van der Waals surface area contributed by atoms with E-state index in [1.807, 2.05) is 0 Å². The fraction of sp³-hybridized carbons (Fsp3) is 0.556. The molecule has 1 atom stereocenters. The summed E-state index contributed by atoms with van der Waals surface area (Å²) in [6, 6.07) is 8.44. The third-order valence-corrected chi connectivity index (χ3v) is 3.64. The zero-order valence-corrected chi connectivity index (χ0v) is 13.0. The van der Waals surface area contributed by atoms with Crippen molar-refractivity contribution in [3.8, 4) is 5.75 Å². The molecule has 0 saturated carbocycles. The van der Waals surface area contributed by atoms with Crippen LogP contribution in [0.4, 0.5) is 0 Å². The van der Waals surface area contributed by atoms with Crippen molar-refractivity contribution in [2.24, 2.45) is 0 Å². The molecule has 1 aliphatic heterocycles. The maximum atomic E-state index is 5.70. The minimum Gasteiger partial charge on any atom is -0.493 e. The van der Waals surface area contributed by atoms with Crippen molar-refractivity contribution in [3.63, 3.8) is 0 Å². The van der Waals surface area contributed by atoms with Crippen LogP contribution in [0.5, 0.6) is 5.75 Å². The molecule has 2 nitrogen and oxygen atoms in total. The van der Waals surface area contributed by atoms with Crippen LogP contribution in [0.25, 0.3) is 0 Å². The largest absolute Gasteiger partial charge is 0.493 e. The predicted octanol–water partition coefficient (Wildman–Crippen LogP) is 4.28. The van der Waals surface area contributed by atoms with Gasteiger partial charge >= 0.3 is 0 Å². The molecule has 110 valence electrons. The molecule has 0 bridgehead atoms. The van der Waals surface area contributed by atoms with E-state index in [2.05, 4.69) is 62.5 Å². The molecule has 0 amide bonds. The summed E-state index contributed by atoms with van der Waals surface area (Å²) in [4.78, 5) is 0. The van der Waals surface area contributed by atoms with Crippen molar-refractivity contribution in [1.82, 2.24) is 5.32 Å². The first kappa shape index (κ1) is 15.1. The van der Waals surface area contributed by atoms with Gasteiger partial charge in [0.15, 0.2) is 0 Å². The molecule has 0 saturated heterocycles. The van der Waals surface area contributed by atoms with Gasteiger partial charge in [-0.1, -0.05) is 30.4 Å². The minimum atomic E-state index is 0.216. The molecule has 1 aromatic rings. The summed E-state index contributed by atoms with van der Waals surface area (Å²) in [6.07, 6.45) is 7.98. The molecular formula is C18H27NO. The molecule has 1 aromatic carbocycles. The highest BCUT2D eigenvalue weighted by atomic mass is 16.5. The monoisotopic (exact) mass is 273 g/mol. The molecule has 1 unspecified atom stereocenters. The van der Waals surface area contributed by atoms with Crippen LogP contribution in [0.1, 0.15) is 51.5 Å². The Kier molecular flexibility index (Phi) is 5.24. The summed E-state index contributed by atoms with van der Waals surface area (Å²) in [5.41, 5.74) is 1.59. The van der Waals surface area contributed by atoms with Gasteiger partial charge in [-0.2, -0.15) is 0 Å². The first-order chi connectivity index (χ1) is 9.56. The summed E-state index contributed by atoms with van der Waals surface area (Å²) in [7, 11) is 0. The van der Waals surface area contributed by atoms with Crippen LogP contribution >= 0.6 is 0 Å². The van der Waals surface area contributed by atoms with Gasteiger partial charge < -0.3 is 10.1 Å². The molecule has 1 heterocycles. The molecule has 0 radical (unpaired) electrons. The van der Waals surface area contributed by atoms with E-state index in [-0.39, 0.29) is 5.54 Å². The van der Waals surface area contributed by atoms with Crippen molar-refractivity contribution >= 4 is 0 Å². The number of fused-ring (bicyclic) bond motifs is 1. The lowest BCUT2D eigenvalue weighted by Crippen LogP contribution is -2.36. The normalized spacial score (nSPS) is 18.9. The van der Waals surface area contributed by atoms with Crippen molar-refractivity contribution in [2.45, 2.75) is 51.5 Å². The Morgan fingerprint density at radius 1 is 1.25 bits per heavy atom. The van der Waals surface area contributed by atoms with E-state index in [4.69, 9.17) is 4.74 Å². The Balaban J connectivity index is 1.78. The van der Waals surface area contributed by atoms with Gasteiger partial charge in [-0.25, -0.2) is 0 Å². The van der Waals surface area contributed by atoms with Crippen LogP contribution in [-0.2, 0) is 0 Å². The number of allylic oxidation sites excluding steroid dienone is 1. The Labute approximate surface area is 123 Å². The van der Waals surface area contributed by atoms with Crippen molar-refractivity contribution in [1.29, 1.82) is 0 Å². The highest BCUT2D eigenvalue weighted by Gasteiger charge is 2.19. The number of hydrogen-bond donors (Lipinski definition) is 1. The number of nitrogens with one attached hydrogen (secondary N) is 1. The topological polar surface area (TPSA) is 21.3 Å². The second-order valence-electron chi connectivity index (χ2n) is 6.54. The van der Waals surface area contributed by atoms with E-state index < -0.39 is 0 Å².